The second kappa shape index (κ2) is 9.67. The second-order valence-corrected chi connectivity index (χ2v) is 10.3. The lowest BCUT2D eigenvalue weighted by Gasteiger charge is -2.26. The number of nitrogens with one attached hydrogen (secondary N) is 1. The van der Waals surface area contributed by atoms with Crippen LogP contribution < -0.4 is 15.0 Å². The first kappa shape index (κ1) is 24.1. The van der Waals surface area contributed by atoms with E-state index >= 15 is 0 Å². The van der Waals surface area contributed by atoms with Crippen molar-refractivity contribution in [2.75, 3.05) is 37.0 Å². The van der Waals surface area contributed by atoms with Crippen molar-refractivity contribution in [3.8, 4) is 5.75 Å². The highest BCUT2D eigenvalue weighted by Gasteiger charge is 2.37. The van der Waals surface area contributed by atoms with Crippen molar-refractivity contribution < 1.29 is 31.5 Å². The molecule has 34 heavy (non-hydrogen) atoms. The number of hydrogen-bond acceptors (Lipinski definition) is 5. The van der Waals surface area contributed by atoms with Gasteiger partial charge in [0.15, 0.2) is 0 Å². The molecular weight excluding hydrogens is 468 g/mol. The molecule has 11 heteroatoms. The Hall–Kier alpha value is -3.05. The van der Waals surface area contributed by atoms with Crippen molar-refractivity contribution in [1.82, 2.24) is 4.31 Å². The lowest BCUT2D eigenvalue weighted by atomic mass is 10.1. The summed E-state index contributed by atoms with van der Waals surface area (Å²) >= 11 is 0. The van der Waals surface area contributed by atoms with Crippen LogP contribution in [0.4, 0.5) is 20.2 Å². The standard InChI is InChI=1S/C23H25F2N3O5S/c1-33-21-8-6-17(34(31,32)27-9-3-2-4-10-27)13-19(21)26-23(30)15-11-22(29)28(14-15)20-7-5-16(24)12-18(20)25/h5-8,12-13,15H,2-4,9-11,14H2,1H3,(H,26,30). The zero-order valence-corrected chi connectivity index (χ0v) is 19.4. The van der Waals surface area contributed by atoms with Gasteiger partial charge in [0.1, 0.15) is 17.4 Å². The summed E-state index contributed by atoms with van der Waals surface area (Å²) in [5.41, 5.74) is 0.0540. The van der Waals surface area contributed by atoms with Gasteiger partial charge in [-0.1, -0.05) is 6.42 Å². The summed E-state index contributed by atoms with van der Waals surface area (Å²) in [6, 6.07) is 7.10. The minimum atomic E-state index is -3.73. The number of hydrogen-bond donors (Lipinski definition) is 1. The number of sulfonamides is 1. The molecule has 0 bridgehead atoms. The Morgan fingerprint density at radius 2 is 1.82 bits per heavy atom. The van der Waals surface area contributed by atoms with E-state index in [2.05, 4.69) is 5.32 Å². The molecule has 2 fully saturated rings. The Labute approximate surface area is 196 Å². The van der Waals surface area contributed by atoms with E-state index in [-0.39, 0.29) is 35.0 Å². The number of ether oxygens (including phenoxy) is 1. The predicted octanol–water partition coefficient (Wildman–Crippen LogP) is 3.14. The minimum absolute atomic E-state index is 0.0306. The average molecular weight is 494 g/mol. The zero-order chi connectivity index (χ0) is 24.5. The van der Waals surface area contributed by atoms with Gasteiger partial charge in [-0.15, -0.1) is 0 Å². The molecule has 2 saturated heterocycles. The van der Waals surface area contributed by atoms with Gasteiger partial charge in [0.2, 0.25) is 21.8 Å². The van der Waals surface area contributed by atoms with E-state index in [0.29, 0.717) is 19.2 Å². The molecule has 2 aromatic rings. The number of benzene rings is 2. The van der Waals surface area contributed by atoms with Crippen LogP contribution in [0.15, 0.2) is 41.3 Å². The molecule has 1 N–H and O–H groups in total. The monoisotopic (exact) mass is 493 g/mol. The van der Waals surface area contributed by atoms with Gasteiger partial charge < -0.3 is 15.0 Å². The first-order valence-corrected chi connectivity index (χ1v) is 12.4. The maximum absolute atomic E-state index is 14.1. The van der Waals surface area contributed by atoms with E-state index in [1.54, 1.807) is 0 Å². The predicted molar refractivity (Wildman–Crippen MR) is 121 cm³/mol. The number of methoxy groups -OCH3 is 1. The number of nitrogens with zero attached hydrogens (tertiary/aromatic N) is 2. The molecule has 1 atom stereocenters. The van der Waals surface area contributed by atoms with E-state index in [1.807, 2.05) is 0 Å². The van der Waals surface area contributed by atoms with Crippen molar-refractivity contribution in [2.45, 2.75) is 30.6 Å². The van der Waals surface area contributed by atoms with Crippen LogP contribution in [0.25, 0.3) is 0 Å². The SMILES string of the molecule is COc1ccc(S(=O)(=O)N2CCCCC2)cc1NC(=O)C1CC(=O)N(c2ccc(F)cc2F)C1. The van der Waals surface area contributed by atoms with Gasteiger partial charge in [0, 0.05) is 32.1 Å². The first-order chi connectivity index (χ1) is 16.2. The molecule has 2 aromatic carbocycles. The summed E-state index contributed by atoms with van der Waals surface area (Å²) in [4.78, 5) is 26.5. The Morgan fingerprint density at radius 1 is 1.09 bits per heavy atom. The number of anilines is 2. The highest BCUT2D eigenvalue weighted by molar-refractivity contribution is 7.89. The molecular formula is C23H25F2N3O5S. The lowest BCUT2D eigenvalue weighted by Crippen LogP contribution is -2.35. The summed E-state index contributed by atoms with van der Waals surface area (Å²) in [5, 5.41) is 2.66. The first-order valence-electron chi connectivity index (χ1n) is 10.9. The maximum Gasteiger partial charge on any atom is 0.243 e. The molecule has 1 unspecified atom stereocenters. The van der Waals surface area contributed by atoms with Crippen LogP contribution in [0.1, 0.15) is 25.7 Å². The van der Waals surface area contributed by atoms with Crippen molar-refractivity contribution >= 4 is 33.2 Å². The van der Waals surface area contributed by atoms with Crippen molar-refractivity contribution in [3.63, 3.8) is 0 Å². The van der Waals surface area contributed by atoms with Crippen LogP contribution in [0.3, 0.4) is 0 Å². The largest absolute Gasteiger partial charge is 0.495 e. The fourth-order valence-electron chi connectivity index (χ4n) is 4.25. The Balaban J connectivity index is 1.53. The van der Waals surface area contributed by atoms with Gasteiger partial charge in [-0.05, 0) is 43.2 Å². The summed E-state index contributed by atoms with van der Waals surface area (Å²) in [6.45, 7) is 0.785. The van der Waals surface area contributed by atoms with Crippen LogP contribution in [-0.2, 0) is 19.6 Å². The summed E-state index contributed by atoms with van der Waals surface area (Å²) < 4.78 is 60.1. The van der Waals surface area contributed by atoms with Gasteiger partial charge >= 0.3 is 0 Å². The van der Waals surface area contributed by atoms with Crippen LogP contribution in [0.5, 0.6) is 5.75 Å². The number of carbonyl (C=O) groups is 2. The van der Waals surface area contributed by atoms with E-state index in [0.717, 1.165) is 36.3 Å². The lowest BCUT2D eigenvalue weighted by molar-refractivity contribution is -0.122. The zero-order valence-electron chi connectivity index (χ0n) is 18.6. The summed E-state index contributed by atoms with van der Waals surface area (Å²) in [7, 11) is -2.34. The molecule has 2 heterocycles. The average Bonchev–Trinajstić information content (AvgIpc) is 3.21. The van der Waals surface area contributed by atoms with Gasteiger partial charge in [-0.25, -0.2) is 17.2 Å². The molecule has 0 aromatic heterocycles. The molecule has 0 saturated carbocycles. The molecule has 2 amide bonds. The van der Waals surface area contributed by atoms with Crippen molar-refractivity contribution in [1.29, 1.82) is 0 Å². The van der Waals surface area contributed by atoms with E-state index < -0.39 is 39.4 Å². The van der Waals surface area contributed by atoms with Gasteiger partial charge in [-0.2, -0.15) is 4.31 Å². The van der Waals surface area contributed by atoms with Crippen LogP contribution >= 0.6 is 0 Å². The number of piperidine rings is 1. The minimum Gasteiger partial charge on any atom is -0.495 e. The van der Waals surface area contributed by atoms with Crippen LogP contribution in [-0.4, -0.2) is 51.3 Å². The van der Waals surface area contributed by atoms with Crippen molar-refractivity contribution in [2.24, 2.45) is 5.92 Å². The number of halogens is 2. The number of rotatable bonds is 6. The maximum atomic E-state index is 14.1. The quantitative estimate of drug-likeness (QED) is 0.667. The molecule has 182 valence electrons. The Morgan fingerprint density at radius 3 is 2.50 bits per heavy atom. The third kappa shape index (κ3) is 4.76. The highest BCUT2D eigenvalue weighted by Crippen LogP contribution is 2.32. The summed E-state index contributed by atoms with van der Waals surface area (Å²) in [5.74, 6) is -3.23. The van der Waals surface area contributed by atoms with Crippen LogP contribution in [0.2, 0.25) is 0 Å². The fourth-order valence-corrected chi connectivity index (χ4v) is 5.79. The summed E-state index contributed by atoms with van der Waals surface area (Å²) in [6.07, 6.45) is 2.39. The molecule has 2 aliphatic heterocycles. The molecule has 2 aliphatic rings. The topological polar surface area (TPSA) is 96.0 Å². The van der Waals surface area contributed by atoms with E-state index in [9.17, 15) is 26.8 Å². The van der Waals surface area contributed by atoms with E-state index in [1.165, 1.54) is 29.6 Å². The molecule has 0 aliphatic carbocycles. The second-order valence-electron chi connectivity index (χ2n) is 8.32. The van der Waals surface area contributed by atoms with Crippen LogP contribution in [0, 0.1) is 17.6 Å². The van der Waals surface area contributed by atoms with Gasteiger partial charge in [0.25, 0.3) is 0 Å². The highest BCUT2D eigenvalue weighted by atomic mass is 32.2. The van der Waals surface area contributed by atoms with Gasteiger partial charge in [-0.3, -0.25) is 9.59 Å². The number of carbonyl (C=O) groups excluding carboxylic acids is 2. The normalized spacial score (nSPS) is 19.3. The molecule has 0 spiro atoms. The van der Waals surface area contributed by atoms with E-state index in [4.69, 9.17) is 4.74 Å². The van der Waals surface area contributed by atoms with Crippen molar-refractivity contribution in [3.05, 3.63) is 48.0 Å². The van der Waals surface area contributed by atoms with Gasteiger partial charge in [0.05, 0.1) is 29.3 Å². The Kier molecular flexibility index (Phi) is 6.85. The third-order valence-electron chi connectivity index (χ3n) is 6.08. The third-order valence-corrected chi connectivity index (χ3v) is 7.97. The molecule has 4 rings (SSSR count). The molecule has 8 nitrogen and oxygen atoms in total. The fraction of sp³-hybridized carbons (Fsp3) is 0.391. The number of amides is 2. The smallest absolute Gasteiger partial charge is 0.243 e. The molecule has 0 radical (unpaired) electrons. The Bertz CT molecular complexity index is 1220.